The summed E-state index contributed by atoms with van der Waals surface area (Å²) in [6.45, 7) is 15.3. The van der Waals surface area contributed by atoms with Gasteiger partial charge in [0, 0.05) is 40.4 Å². The van der Waals surface area contributed by atoms with E-state index in [1.165, 1.54) is 33.0 Å². The molecule has 7 rings (SSSR count). The number of nitrogens with zero attached hydrogens (tertiary/aromatic N) is 4. The smallest absolute Gasteiger partial charge is 0.137 e. The van der Waals surface area contributed by atoms with Crippen molar-refractivity contribution in [1.82, 2.24) is 19.3 Å². The zero-order valence-electron chi connectivity index (χ0n) is 28.4. The molecule has 0 saturated heterocycles. The van der Waals surface area contributed by atoms with Gasteiger partial charge in [0.25, 0.3) is 0 Å². The summed E-state index contributed by atoms with van der Waals surface area (Å²) in [5.41, 5.74) is 11.6. The maximum Gasteiger partial charge on any atom is 0.137 e. The van der Waals surface area contributed by atoms with Gasteiger partial charge >= 0.3 is 0 Å². The second-order valence-electron chi connectivity index (χ2n) is 14.0. The molecule has 236 valence electrons. The van der Waals surface area contributed by atoms with E-state index in [0.29, 0.717) is 0 Å². The number of aromatic nitrogens is 4. The van der Waals surface area contributed by atoms with Crippen LogP contribution in [0.5, 0.6) is 11.5 Å². The predicted molar refractivity (Wildman–Crippen MR) is 194 cm³/mol. The molecule has 5 heteroatoms. The van der Waals surface area contributed by atoms with Crippen LogP contribution in [0.4, 0.5) is 0 Å². The van der Waals surface area contributed by atoms with Crippen LogP contribution < -0.4 is 4.74 Å². The van der Waals surface area contributed by atoms with Crippen molar-refractivity contribution in [1.29, 1.82) is 0 Å². The molecule has 0 bridgehead atoms. The molecule has 5 nitrogen and oxygen atoms in total. The van der Waals surface area contributed by atoms with Gasteiger partial charge < -0.3 is 4.74 Å². The van der Waals surface area contributed by atoms with E-state index in [0.717, 1.165) is 63.8 Å². The van der Waals surface area contributed by atoms with E-state index in [9.17, 15) is 0 Å². The van der Waals surface area contributed by atoms with Crippen molar-refractivity contribution in [2.75, 3.05) is 0 Å². The lowest BCUT2D eigenvalue weighted by atomic mass is 9.88. The van der Waals surface area contributed by atoms with Gasteiger partial charge in [-0.1, -0.05) is 57.2 Å². The van der Waals surface area contributed by atoms with Crippen LogP contribution in [0.1, 0.15) is 55.3 Å². The molecular formula is C42H42N4O. The van der Waals surface area contributed by atoms with Crippen LogP contribution in [0.25, 0.3) is 44.4 Å². The summed E-state index contributed by atoms with van der Waals surface area (Å²) in [6.07, 6.45) is 4.07. The van der Waals surface area contributed by atoms with E-state index in [1.807, 2.05) is 23.0 Å². The van der Waals surface area contributed by atoms with E-state index in [4.69, 9.17) is 14.8 Å². The van der Waals surface area contributed by atoms with Gasteiger partial charge in [0.1, 0.15) is 17.3 Å². The lowest BCUT2D eigenvalue weighted by molar-refractivity contribution is 0.378. The van der Waals surface area contributed by atoms with Gasteiger partial charge in [0.15, 0.2) is 0 Å². The van der Waals surface area contributed by atoms with Crippen molar-refractivity contribution in [2.24, 2.45) is 5.41 Å². The molecule has 3 aromatic heterocycles. The summed E-state index contributed by atoms with van der Waals surface area (Å²) in [5.74, 6) is 2.45. The Morgan fingerprint density at radius 3 is 2.28 bits per heavy atom. The van der Waals surface area contributed by atoms with Gasteiger partial charge in [-0.2, -0.15) is 5.10 Å². The maximum atomic E-state index is 6.63. The molecule has 0 atom stereocenters. The molecule has 0 fully saturated rings. The lowest BCUT2D eigenvalue weighted by Gasteiger charge is -2.17. The molecular weight excluding hydrogens is 576 g/mol. The predicted octanol–water partition coefficient (Wildman–Crippen LogP) is 11.0. The van der Waals surface area contributed by atoms with E-state index >= 15 is 0 Å². The first-order valence-electron chi connectivity index (χ1n) is 16.5. The second kappa shape index (κ2) is 11.9. The van der Waals surface area contributed by atoms with Crippen LogP contribution in [0.3, 0.4) is 0 Å². The molecule has 0 N–H and O–H groups in total. The third-order valence-electron chi connectivity index (χ3n) is 8.97. The number of pyridine rings is 1. The molecule has 0 aliphatic carbocycles. The SMILES string of the molecule is Cc1cc(Oc2ccc3c4cc(CCC(C)(C)C)ccc4n(-c4cc(C)ccn4)c3c2)cc(-n2nc(C)c(-c3ccccc3)c2C)c1. The first kappa shape index (κ1) is 30.5. The van der Waals surface area contributed by atoms with Gasteiger partial charge in [-0.3, -0.25) is 4.57 Å². The molecule has 0 saturated carbocycles. The first-order chi connectivity index (χ1) is 22.5. The van der Waals surface area contributed by atoms with E-state index < -0.39 is 0 Å². The average molecular weight is 619 g/mol. The zero-order valence-corrected chi connectivity index (χ0v) is 28.4. The van der Waals surface area contributed by atoms with Crippen LogP contribution in [0.15, 0.2) is 103 Å². The molecule has 0 amide bonds. The average Bonchev–Trinajstić information content (AvgIpc) is 3.52. The Labute approximate surface area is 277 Å². The topological polar surface area (TPSA) is 44.9 Å². The standard InChI is InChI=1S/C42H42N4O/c1-27-18-20-43-40(23-27)45-38-16-13-31(17-19-42(5,6)7)24-37(38)36-15-14-34(26-39(36)45)47-35-22-28(2)21-33(25-35)46-30(4)41(29(3)44-46)32-11-9-8-10-12-32/h8-16,18,20-26H,17,19H2,1-7H3. The van der Waals surface area contributed by atoms with Crippen molar-refractivity contribution < 1.29 is 4.74 Å². The van der Waals surface area contributed by atoms with Gasteiger partial charge in [-0.05, 0) is 117 Å². The molecule has 0 unspecified atom stereocenters. The Kier molecular flexibility index (Phi) is 7.71. The largest absolute Gasteiger partial charge is 0.457 e. The minimum atomic E-state index is 0.287. The molecule has 0 aliphatic rings. The quantitative estimate of drug-likeness (QED) is 0.178. The summed E-state index contributed by atoms with van der Waals surface area (Å²) >= 11 is 0. The fourth-order valence-corrected chi connectivity index (χ4v) is 6.64. The number of rotatable bonds is 7. The highest BCUT2D eigenvalue weighted by molar-refractivity contribution is 6.09. The minimum Gasteiger partial charge on any atom is -0.457 e. The van der Waals surface area contributed by atoms with Crippen molar-refractivity contribution in [3.63, 3.8) is 0 Å². The van der Waals surface area contributed by atoms with Crippen LogP contribution in [-0.2, 0) is 6.42 Å². The Hall–Kier alpha value is -5.16. The van der Waals surface area contributed by atoms with E-state index in [2.05, 4.69) is 138 Å². The Bertz CT molecular complexity index is 2250. The Balaban J connectivity index is 1.30. The van der Waals surface area contributed by atoms with Crippen LogP contribution >= 0.6 is 0 Å². The number of hydrogen-bond donors (Lipinski definition) is 0. The highest BCUT2D eigenvalue weighted by Crippen LogP contribution is 2.37. The fourth-order valence-electron chi connectivity index (χ4n) is 6.64. The molecule has 47 heavy (non-hydrogen) atoms. The van der Waals surface area contributed by atoms with Crippen molar-refractivity contribution in [2.45, 2.75) is 61.3 Å². The van der Waals surface area contributed by atoms with Crippen molar-refractivity contribution in [3.8, 4) is 34.1 Å². The fraction of sp³-hybridized carbons (Fsp3) is 0.238. The zero-order chi connectivity index (χ0) is 32.9. The lowest BCUT2D eigenvalue weighted by Crippen LogP contribution is -2.06. The van der Waals surface area contributed by atoms with Crippen molar-refractivity contribution >= 4 is 21.8 Å². The number of benzene rings is 4. The van der Waals surface area contributed by atoms with Crippen LogP contribution in [0, 0.1) is 33.1 Å². The highest BCUT2D eigenvalue weighted by atomic mass is 16.5. The normalized spacial score (nSPS) is 11.9. The van der Waals surface area contributed by atoms with Gasteiger partial charge in [-0.15, -0.1) is 0 Å². The Morgan fingerprint density at radius 2 is 1.51 bits per heavy atom. The third kappa shape index (κ3) is 6.06. The summed E-state index contributed by atoms with van der Waals surface area (Å²) in [5, 5.41) is 7.37. The molecule has 0 spiro atoms. The highest BCUT2D eigenvalue weighted by Gasteiger charge is 2.18. The summed E-state index contributed by atoms with van der Waals surface area (Å²) in [4.78, 5) is 4.80. The van der Waals surface area contributed by atoms with Crippen LogP contribution in [-0.4, -0.2) is 19.3 Å². The van der Waals surface area contributed by atoms with Gasteiger partial charge in [0.2, 0.25) is 0 Å². The minimum absolute atomic E-state index is 0.287. The third-order valence-corrected chi connectivity index (χ3v) is 8.97. The van der Waals surface area contributed by atoms with Crippen molar-refractivity contribution in [3.05, 3.63) is 131 Å². The maximum absolute atomic E-state index is 6.63. The van der Waals surface area contributed by atoms with E-state index in [-0.39, 0.29) is 5.41 Å². The molecule has 7 aromatic rings. The summed E-state index contributed by atoms with van der Waals surface area (Å²) in [6, 6.07) is 34.3. The second-order valence-corrected chi connectivity index (χ2v) is 14.0. The Morgan fingerprint density at radius 1 is 0.702 bits per heavy atom. The molecule has 3 heterocycles. The van der Waals surface area contributed by atoms with E-state index in [1.54, 1.807) is 0 Å². The summed E-state index contributed by atoms with van der Waals surface area (Å²) < 4.78 is 10.9. The number of hydrogen-bond acceptors (Lipinski definition) is 3. The monoisotopic (exact) mass is 618 g/mol. The summed E-state index contributed by atoms with van der Waals surface area (Å²) in [7, 11) is 0. The molecule has 4 aromatic carbocycles. The number of ether oxygens (including phenoxy) is 1. The number of aryl methyl sites for hydroxylation is 4. The van der Waals surface area contributed by atoms with Gasteiger partial charge in [-0.25, -0.2) is 9.67 Å². The van der Waals surface area contributed by atoms with Crippen LogP contribution in [0.2, 0.25) is 0 Å². The molecule has 0 aliphatic heterocycles. The molecule has 0 radical (unpaired) electrons. The van der Waals surface area contributed by atoms with Gasteiger partial charge in [0.05, 0.1) is 22.4 Å². The number of fused-ring (bicyclic) bond motifs is 3. The first-order valence-corrected chi connectivity index (χ1v) is 16.5.